The van der Waals surface area contributed by atoms with Crippen molar-refractivity contribution in [2.75, 3.05) is 25.4 Å². The molecule has 0 aliphatic carbocycles. The molecule has 3 heterocycles. The smallest absolute Gasteiger partial charge is 0.157 e. The van der Waals surface area contributed by atoms with Gasteiger partial charge in [-0.25, -0.2) is 4.98 Å². The molecule has 0 saturated carbocycles. The Morgan fingerprint density at radius 2 is 2.04 bits per heavy atom. The highest BCUT2D eigenvalue weighted by Gasteiger charge is 2.23. The molecule has 2 aromatic heterocycles. The van der Waals surface area contributed by atoms with Crippen molar-refractivity contribution in [3.8, 4) is 0 Å². The number of rotatable bonds is 5. The molecular formula is C22H29N5. The number of nitrogens with two attached hydrogens (primary N) is 1. The second-order valence-corrected chi connectivity index (χ2v) is 7.90. The SMILES string of the molecule is Cc1cc2nc([C@@H]3CCCN(CC[C@H](C)c4ccccc4)C3)cc(N)n2n1. The third kappa shape index (κ3) is 3.98. The van der Waals surface area contributed by atoms with Gasteiger partial charge >= 0.3 is 0 Å². The predicted octanol–water partition coefficient (Wildman–Crippen LogP) is 3.99. The standard InChI is InChI=1S/C22H29N5/c1-16(18-7-4-3-5-8-18)10-12-26-11-6-9-19(15-26)20-14-21(23)27-22(24-20)13-17(2)25-27/h3-5,7-8,13-14,16,19H,6,9-12,15,23H2,1-2H3/t16-,19+/m0/s1. The maximum absolute atomic E-state index is 6.22. The van der Waals surface area contributed by atoms with E-state index >= 15 is 0 Å². The van der Waals surface area contributed by atoms with Gasteiger partial charge in [0.2, 0.25) is 0 Å². The van der Waals surface area contributed by atoms with Crippen molar-refractivity contribution < 1.29 is 0 Å². The lowest BCUT2D eigenvalue weighted by atomic mass is 9.93. The molecule has 0 radical (unpaired) electrons. The molecule has 1 aliphatic heterocycles. The summed E-state index contributed by atoms with van der Waals surface area (Å²) in [6, 6.07) is 14.8. The fraction of sp³-hybridized carbons (Fsp3) is 0.455. The van der Waals surface area contributed by atoms with E-state index in [2.05, 4.69) is 47.3 Å². The maximum atomic E-state index is 6.22. The second-order valence-electron chi connectivity index (χ2n) is 7.90. The Balaban J connectivity index is 1.42. The highest BCUT2D eigenvalue weighted by Crippen LogP contribution is 2.28. The number of aromatic nitrogens is 3. The Labute approximate surface area is 161 Å². The topological polar surface area (TPSA) is 59.5 Å². The van der Waals surface area contributed by atoms with Gasteiger partial charge in [-0.2, -0.15) is 9.61 Å². The third-order valence-electron chi connectivity index (χ3n) is 5.77. The molecule has 1 fully saturated rings. The van der Waals surface area contributed by atoms with E-state index in [1.807, 2.05) is 19.1 Å². The van der Waals surface area contributed by atoms with Crippen molar-refractivity contribution in [2.24, 2.45) is 0 Å². The van der Waals surface area contributed by atoms with Crippen molar-refractivity contribution in [1.29, 1.82) is 0 Å². The van der Waals surface area contributed by atoms with Crippen LogP contribution in [0.4, 0.5) is 5.82 Å². The van der Waals surface area contributed by atoms with Crippen molar-refractivity contribution >= 4 is 11.5 Å². The number of hydrogen-bond donors (Lipinski definition) is 1. The minimum atomic E-state index is 0.452. The van der Waals surface area contributed by atoms with Gasteiger partial charge in [0, 0.05) is 24.6 Å². The van der Waals surface area contributed by atoms with Crippen LogP contribution in [0.3, 0.4) is 0 Å². The molecule has 5 heteroatoms. The predicted molar refractivity (Wildman–Crippen MR) is 110 cm³/mol. The van der Waals surface area contributed by atoms with Gasteiger partial charge in [0.1, 0.15) is 5.82 Å². The van der Waals surface area contributed by atoms with Crippen molar-refractivity contribution in [2.45, 2.75) is 44.9 Å². The number of fused-ring (bicyclic) bond motifs is 1. The first-order valence-electron chi connectivity index (χ1n) is 10.0. The Morgan fingerprint density at radius 3 is 2.85 bits per heavy atom. The van der Waals surface area contributed by atoms with Crippen LogP contribution in [0.5, 0.6) is 0 Å². The van der Waals surface area contributed by atoms with Gasteiger partial charge in [-0.1, -0.05) is 37.3 Å². The minimum absolute atomic E-state index is 0.452. The summed E-state index contributed by atoms with van der Waals surface area (Å²) in [6.07, 6.45) is 3.59. The first-order chi connectivity index (χ1) is 13.1. The largest absolute Gasteiger partial charge is 0.384 e. The van der Waals surface area contributed by atoms with Gasteiger partial charge in [0.25, 0.3) is 0 Å². The summed E-state index contributed by atoms with van der Waals surface area (Å²) in [5.41, 5.74) is 10.6. The van der Waals surface area contributed by atoms with E-state index in [0.29, 0.717) is 17.7 Å². The van der Waals surface area contributed by atoms with Crippen LogP contribution >= 0.6 is 0 Å². The molecule has 142 valence electrons. The number of hydrogen-bond acceptors (Lipinski definition) is 4. The van der Waals surface area contributed by atoms with Crippen molar-refractivity contribution in [3.05, 3.63) is 59.4 Å². The van der Waals surface area contributed by atoms with Crippen LogP contribution in [-0.4, -0.2) is 39.1 Å². The van der Waals surface area contributed by atoms with Gasteiger partial charge in [-0.15, -0.1) is 0 Å². The van der Waals surface area contributed by atoms with Crippen LogP contribution < -0.4 is 5.73 Å². The normalized spacial score (nSPS) is 19.4. The summed E-state index contributed by atoms with van der Waals surface area (Å²) >= 11 is 0. The van der Waals surface area contributed by atoms with Crippen LogP contribution in [0, 0.1) is 6.92 Å². The van der Waals surface area contributed by atoms with Gasteiger partial charge in [-0.3, -0.25) is 0 Å². The second kappa shape index (κ2) is 7.69. The molecule has 0 unspecified atom stereocenters. The average molecular weight is 364 g/mol. The van der Waals surface area contributed by atoms with Crippen LogP contribution in [0.1, 0.15) is 55.0 Å². The molecule has 5 nitrogen and oxygen atoms in total. The Kier molecular flexibility index (Phi) is 5.12. The first kappa shape index (κ1) is 18.0. The molecule has 1 aromatic carbocycles. The summed E-state index contributed by atoms with van der Waals surface area (Å²) in [6.45, 7) is 7.69. The van der Waals surface area contributed by atoms with Crippen LogP contribution in [0.15, 0.2) is 42.5 Å². The highest BCUT2D eigenvalue weighted by molar-refractivity contribution is 5.48. The zero-order valence-corrected chi connectivity index (χ0v) is 16.3. The van der Waals surface area contributed by atoms with Crippen LogP contribution in [0.25, 0.3) is 5.65 Å². The minimum Gasteiger partial charge on any atom is -0.384 e. The third-order valence-corrected chi connectivity index (χ3v) is 5.77. The zero-order valence-electron chi connectivity index (χ0n) is 16.3. The number of nitrogen functional groups attached to an aromatic ring is 1. The summed E-state index contributed by atoms with van der Waals surface area (Å²) < 4.78 is 1.74. The van der Waals surface area contributed by atoms with Gasteiger partial charge in [-0.05, 0) is 50.8 Å². The van der Waals surface area contributed by atoms with E-state index in [0.717, 1.165) is 30.1 Å². The van der Waals surface area contributed by atoms with Crippen LogP contribution in [0.2, 0.25) is 0 Å². The summed E-state index contributed by atoms with van der Waals surface area (Å²) in [4.78, 5) is 7.45. The van der Waals surface area contributed by atoms with Gasteiger partial charge < -0.3 is 10.6 Å². The summed E-state index contributed by atoms with van der Waals surface area (Å²) in [7, 11) is 0. The Bertz CT molecular complexity index is 902. The molecule has 1 saturated heterocycles. The van der Waals surface area contributed by atoms with E-state index in [9.17, 15) is 0 Å². The van der Waals surface area contributed by atoms with Gasteiger partial charge in [0.05, 0.1) is 11.4 Å². The van der Waals surface area contributed by atoms with E-state index in [1.165, 1.54) is 31.4 Å². The van der Waals surface area contributed by atoms with E-state index in [-0.39, 0.29) is 0 Å². The Morgan fingerprint density at radius 1 is 1.22 bits per heavy atom. The van der Waals surface area contributed by atoms with Crippen LogP contribution in [-0.2, 0) is 0 Å². The van der Waals surface area contributed by atoms with Crippen molar-refractivity contribution in [1.82, 2.24) is 19.5 Å². The summed E-state index contributed by atoms with van der Waals surface area (Å²) in [5, 5.41) is 4.41. The lowest BCUT2D eigenvalue weighted by Gasteiger charge is -2.33. The molecular weight excluding hydrogens is 334 g/mol. The molecule has 4 rings (SSSR count). The molecule has 2 N–H and O–H groups in total. The fourth-order valence-corrected chi connectivity index (χ4v) is 4.17. The van der Waals surface area contributed by atoms with E-state index in [1.54, 1.807) is 4.52 Å². The molecule has 0 spiro atoms. The maximum Gasteiger partial charge on any atom is 0.157 e. The number of aryl methyl sites for hydroxylation is 1. The molecule has 2 atom stereocenters. The summed E-state index contributed by atoms with van der Waals surface area (Å²) in [5.74, 6) is 1.72. The quantitative estimate of drug-likeness (QED) is 0.744. The lowest BCUT2D eigenvalue weighted by molar-refractivity contribution is 0.200. The first-order valence-corrected chi connectivity index (χ1v) is 10.0. The average Bonchev–Trinajstić information content (AvgIpc) is 3.08. The molecule has 3 aromatic rings. The number of nitrogens with zero attached hydrogens (tertiary/aromatic N) is 4. The molecule has 27 heavy (non-hydrogen) atoms. The van der Waals surface area contributed by atoms with E-state index in [4.69, 9.17) is 10.7 Å². The number of piperidine rings is 1. The van der Waals surface area contributed by atoms with Crippen molar-refractivity contribution in [3.63, 3.8) is 0 Å². The van der Waals surface area contributed by atoms with Gasteiger partial charge in [0.15, 0.2) is 5.65 Å². The zero-order chi connectivity index (χ0) is 18.8. The number of likely N-dealkylation sites (tertiary alicyclic amines) is 1. The fourth-order valence-electron chi connectivity index (χ4n) is 4.17. The monoisotopic (exact) mass is 363 g/mol. The molecule has 0 bridgehead atoms. The highest BCUT2D eigenvalue weighted by atomic mass is 15.3. The Hall–Kier alpha value is -2.40. The molecule has 1 aliphatic rings. The number of benzene rings is 1. The van der Waals surface area contributed by atoms with E-state index < -0.39 is 0 Å². The molecule has 0 amide bonds. The number of anilines is 1. The lowest BCUT2D eigenvalue weighted by Crippen LogP contribution is -2.35.